The van der Waals surface area contributed by atoms with E-state index in [-0.39, 0.29) is 12.8 Å². The summed E-state index contributed by atoms with van der Waals surface area (Å²) in [6.07, 6.45) is 0.534. The Morgan fingerprint density at radius 2 is 0.919 bits per heavy atom. The van der Waals surface area contributed by atoms with Gasteiger partial charge in [-0.05, 0) is 48.2 Å². The first-order valence-electron chi connectivity index (χ1n) is 12.1. The summed E-state index contributed by atoms with van der Waals surface area (Å²) < 4.78 is 0. The maximum absolute atomic E-state index is 10.9. The number of hydrogen-bond donors (Lipinski definition) is 6. The van der Waals surface area contributed by atoms with E-state index in [1.807, 2.05) is 76.2 Å². The Morgan fingerprint density at radius 1 is 0.541 bits per heavy atom. The van der Waals surface area contributed by atoms with Gasteiger partial charge in [-0.15, -0.1) is 0 Å². The number of benzene rings is 4. The Morgan fingerprint density at radius 3 is 1.27 bits per heavy atom. The third kappa shape index (κ3) is 4.87. The van der Waals surface area contributed by atoms with Gasteiger partial charge in [0.1, 0.15) is 0 Å². The van der Waals surface area contributed by atoms with Crippen LogP contribution in [0.5, 0.6) is 34.5 Å². The van der Waals surface area contributed by atoms with Crippen LogP contribution in [0, 0.1) is 13.8 Å². The van der Waals surface area contributed by atoms with Crippen LogP contribution in [0.1, 0.15) is 58.4 Å². The van der Waals surface area contributed by atoms with Crippen molar-refractivity contribution in [1.29, 1.82) is 0 Å². The minimum Gasteiger partial charge on any atom is -0.504 e. The smallest absolute Gasteiger partial charge is 0.200 e. The van der Waals surface area contributed by atoms with Gasteiger partial charge in [-0.3, -0.25) is 0 Å². The lowest BCUT2D eigenvalue weighted by atomic mass is 9.72. The number of phenols is 6. The molecule has 6 nitrogen and oxygen atoms in total. The molecule has 6 heteroatoms. The second-order valence-corrected chi connectivity index (χ2v) is 10.2. The summed E-state index contributed by atoms with van der Waals surface area (Å²) in [6, 6.07) is 18.3. The van der Waals surface area contributed by atoms with Crippen molar-refractivity contribution in [3.8, 4) is 34.5 Å². The second kappa shape index (κ2) is 9.62. The predicted octanol–water partition coefficient (Wildman–Crippen LogP) is 6.04. The molecule has 0 bridgehead atoms. The predicted molar refractivity (Wildman–Crippen MR) is 143 cm³/mol. The Hall–Kier alpha value is -4.32. The summed E-state index contributed by atoms with van der Waals surface area (Å²) >= 11 is 0. The number of phenolic OH excluding ortho intramolecular Hbond substituents is 6. The van der Waals surface area contributed by atoms with Gasteiger partial charge in [0, 0.05) is 29.4 Å². The molecule has 0 spiro atoms. The summed E-state index contributed by atoms with van der Waals surface area (Å²) in [7, 11) is 0. The first kappa shape index (κ1) is 25.8. The molecule has 0 aliphatic carbocycles. The standard InChI is InChI=1S/C31H32O6/c1-17-7-5-9-19(11-17)13-21-23(15-25(32)29(36)27(21)34)31(3,4)24-16-26(33)30(37)28(35)22(24)14-20-10-6-8-18(2)12-20/h5-12,15-16,32-37H,13-14H2,1-4H3. The zero-order valence-corrected chi connectivity index (χ0v) is 21.4. The maximum atomic E-state index is 10.9. The van der Waals surface area contributed by atoms with Crippen molar-refractivity contribution in [2.24, 2.45) is 0 Å². The van der Waals surface area contributed by atoms with Crippen molar-refractivity contribution in [2.75, 3.05) is 0 Å². The Kier molecular flexibility index (Phi) is 6.70. The molecule has 4 aromatic rings. The van der Waals surface area contributed by atoms with E-state index in [1.165, 1.54) is 12.1 Å². The first-order valence-corrected chi connectivity index (χ1v) is 12.1. The highest BCUT2D eigenvalue weighted by atomic mass is 16.3. The van der Waals surface area contributed by atoms with Gasteiger partial charge in [0.05, 0.1) is 0 Å². The fourth-order valence-corrected chi connectivity index (χ4v) is 5.04. The third-order valence-electron chi connectivity index (χ3n) is 6.99. The van der Waals surface area contributed by atoms with Gasteiger partial charge in [0.2, 0.25) is 11.5 Å². The molecule has 0 fully saturated rings. The first-order chi connectivity index (χ1) is 17.4. The number of aryl methyl sites for hydroxylation is 2. The highest BCUT2D eigenvalue weighted by Gasteiger charge is 2.34. The van der Waals surface area contributed by atoms with Crippen molar-refractivity contribution in [1.82, 2.24) is 0 Å². The van der Waals surface area contributed by atoms with Gasteiger partial charge in [0.15, 0.2) is 23.0 Å². The second-order valence-electron chi connectivity index (χ2n) is 10.2. The molecule has 4 aromatic carbocycles. The van der Waals surface area contributed by atoms with Crippen molar-refractivity contribution >= 4 is 0 Å². The van der Waals surface area contributed by atoms with Crippen LogP contribution in [0.15, 0.2) is 60.7 Å². The minimum absolute atomic E-state index is 0.267. The maximum Gasteiger partial charge on any atom is 0.200 e. The summed E-state index contributed by atoms with van der Waals surface area (Å²) in [5.41, 5.74) is 4.67. The highest BCUT2D eigenvalue weighted by Crippen LogP contribution is 2.50. The lowest BCUT2D eigenvalue weighted by Crippen LogP contribution is -2.23. The average molecular weight is 501 g/mol. The van der Waals surface area contributed by atoms with E-state index in [4.69, 9.17) is 0 Å². The fraction of sp³-hybridized carbons (Fsp3) is 0.226. The summed E-state index contributed by atoms with van der Waals surface area (Å²) in [5.74, 6) is -3.06. The zero-order chi connectivity index (χ0) is 27.1. The van der Waals surface area contributed by atoms with Gasteiger partial charge < -0.3 is 30.6 Å². The topological polar surface area (TPSA) is 121 Å². The molecular formula is C31H32O6. The van der Waals surface area contributed by atoms with E-state index in [1.54, 1.807) is 0 Å². The van der Waals surface area contributed by atoms with Gasteiger partial charge in [-0.25, -0.2) is 0 Å². The van der Waals surface area contributed by atoms with Gasteiger partial charge in [-0.2, -0.15) is 0 Å². The van der Waals surface area contributed by atoms with E-state index >= 15 is 0 Å². The minimum atomic E-state index is -0.996. The molecule has 4 rings (SSSR count). The summed E-state index contributed by atoms with van der Waals surface area (Å²) in [6.45, 7) is 7.59. The molecule has 0 radical (unpaired) electrons. The Balaban J connectivity index is 1.95. The molecule has 0 heterocycles. The van der Waals surface area contributed by atoms with Crippen LogP contribution in [-0.2, 0) is 18.3 Å². The molecule has 0 saturated carbocycles. The lowest BCUT2D eigenvalue weighted by molar-refractivity contribution is 0.360. The van der Waals surface area contributed by atoms with E-state index < -0.39 is 39.9 Å². The SMILES string of the molecule is Cc1cccc(Cc2c(C(C)(C)c3cc(O)c(O)c(O)c3Cc3cccc(C)c3)cc(O)c(O)c2O)c1. The molecule has 0 aliphatic rings. The largest absolute Gasteiger partial charge is 0.504 e. The van der Waals surface area contributed by atoms with Crippen LogP contribution in [0.25, 0.3) is 0 Å². The van der Waals surface area contributed by atoms with Crippen molar-refractivity contribution in [3.05, 3.63) is 105 Å². The molecule has 37 heavy (non-hydrogen) atoms. The molecule has 0 atom stereocenters. The molecule has 0 aromatic heterocycles. The number of aromatic hydroxyl groups is 6. The van der Waals surface area contributed by atoms with E-state index in [2.05, 4.69) is 0 Å². The summed E-state index contributed by atoms with van der Waals surface area (Å²) in [4.78, 5) is 0. The third-order valence-corrected chi connectivity index (χ3v) is 6.99. The van der Waals surface area contributed by atoms with E-state index in [9.17, 15) is 30.6 Å². The van der Waals surface area contributed by atoms with Crippen molar-refractivity contribution in [2.45, 2.75) is 46.0 Å². The van der Waals surface area contributed by atoms with Crippen LogP contribution >= 0.6 is 0 Å². The zero-order valence-electron chi connectivity index (χ0n) is 21.4. The highest BCUT2D eigenvalue weighted by molar-refractivity contribution is 5.65. The molecular weight excluding hydrogens is 468 g/mol. The van der Waals surface area contributed by atoms with Crippen LogP contribution in [0.3, 0.4) is 0 Å². The molecule has 6 N–H and O–H groups in total. The Bertz CT molecular complexity index is 1380. The quantitative estimate of drug-likeness (QED) is 0.179. The van der Waals surface area contributed by atoms with Crippen molar-refractivity contribution < 1.29 is 30.6 Å². The summed E-state index contributed by atoms with van der Waals surface area (Å²) in [5, 5.41) is 63.5. The monoisotopic (exact) mass is 500 g/mol. The normalized spacial score (nSPS) is 11.6. The van der Waals surface area contributed by atoms with Crippen molar-refractivity contribution in [3.63, 3.8) is 0 Å². The number of hydrogen-bond acceptors (Lipinski definition) is 6. The molecule has 0 amide bonds. The van der Waals surface area contributed by atoms with Gasteiger partial charge >= 0.3 is 0 Å². The van der Waals surface area contributed by atoms with E-state index in [0.29, 0.717) is 22.3 Å². The lowest BCUT2D eigenvalue weighted by Gasteiger charge is -2.32. The Labute approximate surface area is 216 Å². The molecule has 192 valence electrons. The fourth-order valence-electron chi connectivity index (χ4n) is 5.04. The van der Waals surface area contributed by atoms with E-state index in [0.717, 1.165) is 22.3 Å². The van der Waals surface area contributed by atoms with Crippen LogP contribution < -0.4 is 0 Å². The number of rotatable bonds is 6. The van der Waals surface area contributed by atoms with Gasteiger partial charge in [0.25, 0.3) is 0 Å². The van der Waals surface area contributed by atoms with Crippen LogP contribution in [0.4, 0.5) is 0 Å². The molecule has 0 saturated heterocycles. The molecule has 0 aliphatic heterocycles. The van der Waals surface area contributed by atoms with Crippen LogP contribution in [-0.4, -0.2) is 30.6 Å². The average Bonchev–Trinajstić information content (AvgIpc) is 2.84. The van der Waals surface area contributed by atoms with Gasteiger partial charge in [-0.1, -0.05) is 73.5 Å². The van der Waals surface area contributed by atoms with Crippen LogP contribution in [0.2, 0.25) is 0 Å². The molecule has 0 unspecified atom stereocenters.